The van der Waals surface area contributed by atoms with Crippen molar-refractivity contribution >= 4 is 29.3 Å². The van der Waals surface area contributed by atoms with E-state index in [4.69, 9.17) is 0 Å². The summed E-state index contributed by atoms with van der Waals surface area (Å²) in [4.78, 5) is 27.2. The second-order valence-electron chi connectivity index (χ2n) is 5.94. The van der Waals surface area contributed by atoms with Crippen molar-refractivity contribution in [1.29, 1.82) is 0 Å². The van der Waals surface area contributed by atoms with E-state index >= 15 is 0 Å². The Morgan fingerprint density at radius 2 is 1.92 bits per heavy atom. The molecule has 4 nitrogen and oxygen atoms in total. The highest BCUT2D eigenvalue weighted by Crippen LogP contribution is 2.34. The number of benzene rings is 2. The first kappa shape index (κ1) is 16.6. The molecule has 24 heavy (non-hydrogen) atoms. The average Bonchev–Trinajstić information content (AvgIpc) is 2.58. The summed E-state index contributed by atoms with van der Waals surface area (Å²) in [6.07, 6.45) is 0. The topological polar surface area (TPSA) is 49.4 Å². The predicted molar refractivity (Wildman–Crippen MR) is 97.3 cm³/mol. The third-order valence-electron chi connectivity index (χ3n) is 4.06. The second kappa shape index (κ2) is 7.09. The summed E-state index contributed by atoms with van der Waals surface area (Å²) in [5.74, 6) is 0.188. The molecular weight excluding hydrogens is 320 g/mol. The van der Waals surface area contributed by atoms with Gasteiger partial charge in [0.25, 0.3) is 0 Å². The van der Waals surface area contributed by atoms with Crippen molar-refractivity contribution in [3.05, 3.63) is 59.7 Å². The zero-order valence-electron chi connectivity index (χ0n) is 13.8. The van der Waals surface area contributed by atoms with Gasteiger partial charge in [0.2, 0.25) is 11.8 Å². The molecule has 1 unspecified atom stereocenters. The molecule has 0 saturated heterocycles. The van der Waals surface area contributed by atoms with Crippen LogP contribution in [0.25, 0.3) is 0 Å². The van der Waals surface area contributed by atoms with E-state index in [-0.39, 0.29) is 24.4 Å². The van der Waals surface area contributed by atoms with Crippen molar-refractivity contribution in [1.82, 2.24) is 5.32 Å². The maximum absolute atomic E-state index is 12.4. The lowest BCUT2D eigenvalue weighted by atomic mass is 10.1. The zero-order chi connectivity index (χ0) is 17.1. The number of fused-ring (bicyclic) bond motifs is 1. The number of para-hydroxylation sites is 1. The van der Waals surface area contributed by atoms with E-state index in [0.29, 0.717) is 5.75 Å². The van der Waals surface area contributed by atoms with Crippen LogP contribution in [0.15, 0.2) is 53.4 Å². The van der Waals surface area contributed by atoms with Crippen LogP contribution in [-0.2, 0) is 9.59 Å². The van der Waals surface area contributed by atoms with Crippen LogP contribution in [0.3, 0.4) is 0 Å². The van der Waals surface area contributed by atoms with Gasteiger partial charge in [-0.2, -0.15) is 0 Å². The summed E-state index contributed by atoms with van der Waals surface area (Å²) >= 11 is 1.52. The van der Waals surface area contributed by atoms with Crippen molar-refractivity contribution in [3.63, 3.8) is 0 Å². The number of carbonyl (C=O) groups is 2. The SMILES string of the molecule is Cc1ccc(C(C)NC(=O)CN2C(=O)CSc3ccccc32)cc1. The molecule has 0 aliphatic carbocycles. The van der Waals surface area contributed by atoms with E-state index in [9.17, 15) is 9.59 Å². The van der Waals surface area contributed by atoms with Crippen molar-refractivity contribution in [3.8, 4) is 0 Å². The van der Waals surface area contributed by atoms with Crippen molar-refractivity contribution in [2.24, 2.45) is 0 Å². The summed E-state index contributed by atoms with van der Waals surface area (Å²) in [5, 5.41) is 2.97. The molecule has 2 aromatic carbocycles. The van der Waals surface area contributed by atoms with Crippen LogP contribution in [0.1, 0.15) is 24.1 Å². The van der Waals surface area contributed by atoms with Gasteiger partial charge in [-0.1, -0.05) is 42.0 Å². The summed E-state index contributed by atoms with van der Waals surface area (Å²) in [5.41, 5.74) is 3.05. The van der Waals surface area contributed by atoms with E-state index in [1.807, 2.05) is 62.4 Å². The number of thioether (sulfide) groups is 1. The van der Waals surface area contributed by atoms with Crippen LogP contribution in [0.2, 0.25) is 0 Å². The molecule has 0 bridgehead atoms. The number of anilines is 1. The van der Waals surface area contributed by atoms with Crippen LogP contribution in [-0.4, -0.2) is 24.1 Å². The largest absolute Gasteiger partial charge is 0.348 e. The van der Waals surface area contributed by atoms with E-state index in [2.05, 4.69) is 5.32 Å². The van der Waals surface area contributed by atoms with E-state index < -0.39 is 0 Å². The molecule has 1 aliphatic heterocycles. The van der Waals surface area contributed by atoms with Gasteiger partial charge in [0.1, 0.15) is 6.54 Å². The molecule has 2 aromatic rings. The third-order valence-corrected chi connectivity index (χ3v) is 5.11. The lowest BCUT2D eigenvalue weighted by molar-refractivity contribution is -0.123. The Labute approximate surface area is 146 Å². The minimum Gasteiger partial charge on any atom is -0.348 e. The quantitative estimate of drug-likeness (QED) is 0.929. The zero-order valence-corrected chi connectivity index (χ0v) is 14.6. The Balaban J connectivity index is 1.68. The number of hydrogen-bond donors (Lipinski definition) is 1. The van der Waals surface area contributed by atoms with Crippen LogP contribution >= 0.6 is 11.8 Å². The molecule has 0 radical (unpaired) electrons. The Bertz CT molecular complexity index is 758. The predicted octanol–water partition coefficient (Wildman–Crippen LogP) is 3.31. The maximum atomic E-state index is 12.4. The number of rotatable bonds is 4. The van der Waals surface area contributed by atoms with Crippen LogP contribution in [0.5, 0.6) is 0 Å². The number of nitrogens with zero attached hydrogens (tertiary/aromatic N) is 1. The minimum absolute atomic E-state index is 0.0307. The van der Waals surface area contributed by atoms with Crippen LogP contribution in [0, 0.1) is 6.92 Å². The Kier molecular flexibility index (Phi) is 4.90. The van der Waals surface area contributed by atoms with Gasteiger partial charge in [0, 0.05) is 4.90 Å². The average molecular weight is 340 g/mol. The Hall–Kier alpha value is -2.27. The Morgan fingerprint density at radius 3 is 2.67 bits per heavy atom. The van der Waals surface area contributed by atoms with Gasteiger partial charge in [-0.3, -0.25) is 9.59 Å². The summed E-state index contributed by atoms with van der Waals surface area (Å²) in [6, 6.07) is 15.7. The van der Waals surface area contributed by atoms with Gasteiger partial charge < -0.3 is 10.2 Å². The Morgan fingerprint density at radius 1 is 1.21 bits per heavy atom. The summed E-state index contributed by atoms with van der Waals surface area (Å²) < 4.78 is 0. The number of nitrogens with one attached hydrogen (secondary N) is 1. The maximum Gasteiger partial charge on any atom is 0.240 e. The lowest BCUT2D eigenvalue weighted by Crippen LogP contribution is -2.43. The standard InChI is InChI=1S/C19H20N2O2S/c1-13-7-9-15(10-8-13)14(2)20-18(22)11-21-16-5-3-4-6-17(16)24-12-19(21)23/h3-10,14H,11-12H2,1-2H3,(H,20,22). The molecule has 0 aromatic heterocycles. The smallest absolute Gasteiger partial charge is 0.240 e. The molecule has 0 spiro atoms. The van der Waals surface area contributed by atoms with E-state index in [1.54, 1.807) is 4.90 Å². The fraction of sp³-hybridized carbons (Fsp3) is 0.263. The third kappa shape index (κ3) is 3.62. The van der Waals surface area contributed by atoms with Crippen LogP contribution in [0.4, 0.5) is 5.69 Å². The molecule has 1 heterocycles. The monoisotopic (exact) mass is 340 g/mol. The second-order valence-corrected chi connectivity index (χ2v) is 6.95. The van der Waals surface area contributed by atoms with Gasteiger partial charge in [-0.05, 0) is 31.5 Å². The van der Waals surface area contributed by atoms with Gasteiger partial charge in [-0.25, -0.2) is 0 Å². The van der Waals surface area contributed by atoms with Crippen molar-refractivity contribution < 1.29 is 9.59 Å². The molecule has 5 heteroatoms. The van der Waals surface area contributed by atoms with Crippen molar-refractivity contribution in [2.75, 3.05) is 17.2 Å². The first-order valence-corrected chi connectivity index (χ1v) is 8.91. The van der Waals surface area contributed by atoms with Gasteiger partial charge in [0.15, 0.2) is 0 Å². The van der Waals surface area contributed by atoms with E-state index in [1.165, 1.54) is 17.3 Å². The molecule has 1 aliphatic rings. The minimum atomic E-state index is -0.155. The van der Waals surface area contributed by atoms with E-state index in [0.717, 1.165) is 16.1 Å². The molecule has 1 N–H and O–H groups in total. The highest BCUT2D eigenvalue weighted by atomic mass is 32.2. The van der Waals surface area contributed by atoms with Gasteiger partial charge in [-0.15, -0.1) is 11.8 Å². The molecular formula is C19H20N2O2S. The first-order valence-electron chi connectivity index (χ1n) is 7.93. The molecule has 0 saturated carbocycles. The van der Waals surface area contributed by atoms with Crippen molar-refractivity contribution in [2.45, 2.75) is 24.8 Å². The highest BCUT2D eigenvalue weighted by molar-refractivity contribution is 8.00. The number of carbonyl (C=O) groups excluding carboxylic acids is 2. The number of amides is 2. The number of aryl methyl sites for hydroxylation is 1. The molecule has 124 valence electrons. The van der Waals surface area contributed by atoms with Gasteiger partial charge in [0.05, 0.1) is 17.5 Å². The highest BCUT2D eigenvalue weighted by Gasteiger charge is 2.26. The first-order chi connectivity index (χ1) is 11.5. The molecule has 2 amide bonds. The number of hydrogen-bond acceptors (Lipinski definition) is 3. The molecule has 0 fully saturated rings. The summed E-state index contributed by atoms with van der Waals surface area (Å²) in [7, 11) is 0. The summed E-state index contributed by atoms with van der Waals surface area (Å²) in [6.45, 7) is 4.03. The fourth-order valence-corrected chi connectivity index (χ4v) is 3.63. The van der Waals surface area contributed by atoms with Crippen LogP contribution < -0.4 is 10.2 Å². The lowest BCUT2D eigenvalue weighted by Gasteiger charge is -2.28. The van der Waals surface area contributed by atoms with Gasteiger partial charge >= 0.3 is 0 Å². The fourth-order valence-electron chi connectivity index (χ4n) is 2.70. The molecule has 3 rings (SSSR count). The molecule has 1 atom stereocenters. The normalized spacial score (nSPS) is 14.9.